The Hall–Kier alpha value is -3.02. The molecule has 2 heterocycles. The number of carbonyl (C=O) groups is 1. The van der Waals surface area contributed by atoms with E-state index in [1.165, 1.54) is 0 Å². The zero-order valence-corrected chi connectivity index (χ0v) is 14.8. The minimum Gasteiger partial charge on any atom is -0.333 e. The molecule has 3 aromatic rings. The van der Waals surface area contributed by atoms with E-state index in [2.05, 4.69) is 15.1 Å². The van der Waals surface area contributed by atoms with E-state index >= 15 is 0 Å². The highest BCUT2D eigenvalue weighted by molar-refractivity contribution is 5.95. The summed E-state index contributed by atoms with van der Waals surface area (Å²) in [4.78, 5) is 23.3. The molecule has 0 aliphatic heterocycles. The second-order valence-corrected chi connectivity index (χ2v) is 6.03. The molecule has 6 heteroatoms. The van der Waals surface area contributed by atoms with E-state index in [1.807, 2.05) is 63.4 Å². The first kappa shape index (κ1) is 16.8. The highest BCUT2D eigenvalue weighted by Crippen LogP contribution is 2.21. The maximum Gasteiger partial charge on any atom is 0.254 e. The molecule has 2 aromatic heterocycles. The van der Waals surface area contributed by atoms with Gasteiger partial charge in [0.2, 0.25) is 0 Å². The molecule has 0 radical (unpaired) electrons. The number of nitrogens with zero attached hydrogens (tertiary/aromatic N) is 5. The predicted molar refractivity (Wildman–Crippen MR) is 95.9 cm³/mol. The average Bonchev–Trinajstić information content (AvgIpc) is 2.99. The van der Waals surface area contributed by atoms with Gasteiger partial charge in [0.1, 0.15) is 5.82 Å². The van der Waals surface area contributed by atoms with Crippen LogP contribution in [0.15, 0.2) is 48.7 Å². The van der Waals surface area contributed by atoms with Crippen LogP contribution >= 0.6 is 0 Å². The lowest BCUT2D eigenvalue weighted by atomic mass is 10.1. The molecule has 128 valence electrons. The predicted octanol–water partition coefficient (Wildman–Crippen LogP) is 3.02. The highest BCUT2D eigenvalue weighted by Gasteiger charge is 2.20. The Labute approximate surface area is 147 Å². The summed E-state index contributed by atoms with van der Waals surface area (Å²) in [6.07, 6.45) is 1.74. The highest BCUT2D eigenvalue weighted by atomic mass is 16.2. The minimum atomic E-state index is -0.118. The van der Waals surface area contributed by atoms with Crippen LogP contribution in [-0.4, -0.2) is 37.6 Å². The van der Waals surface area contributed by atoms with Crippen LogP contribution in [0, 0.1) is 6.92 Å². The van der Waals surface area contributed by atoms with Crippen molar-refractivity contribution in [3.8, 4) is 11.4 Å². The standard InChI is InChI=1S/C19H21N5O/c1-13(17-10-5-6-11-20-17)23(3)19(25)16-9-7-8-15(12-16)18-21-14(2)24(4)22-18/h5-13H,1-4H3/t13-/m1/s1. The molecular formula is C19H21N5O. The number of pyridine rings is 1. The van der Waals surface area contributed by atoms with E-state index < -0.39 is 0 Å². The summed E-state index contributed by atoms with van der Waals surface area (Å²) in [5, 5.41) is 4.38. The van der Waals surface area contributed by atoms with Gasteiger partial charge in [-0.1, -0.05) is 18.2 Å². The fourth-order valence-electron chi connectivity index (χ4n) is 2.58. The summed E-state index contributed by atoms with van der Waals surface area (Å²) in [6.45, 7) is 3.86. The zero-order chi connectivity index (χ0) is 18.0. The summed E-state index contributed by atoms with van der Waals surface area (Å²) in [6, 6.07) is 13.0. The summed E-state index contributed by atoms with van der Waals surface area (Å²) in [5.41, 5.74) is 2.29. The smallest absolute Gasteiger partial charge is 0.254 e. The van der Waals surface area contributed by atoms with E-state index in [9.17, 15) is 4.79 Å². The first-order valence-corrected chi connectivity index (χ1v) is 8.13. The molecule has 0 unspecified atom stereocenters. The van der Waals surface area contributed by atoms with Gasteiger partial charge in [0.15, 0.2) is 5.82 Å². The van der Waals surface area contributed by atoms with E-state index in [-0.39, 0.29) is 11.9 Å². The van der Waals surface area contributed by atoms with Crippen LogP contribution in [0.2, 0.25) is 0 Å². The number of aromatic nitrogens is 4. The van der Waals surface area contributed by atoms with Crippen LogP contribution in [0.4, 0.5) is 0 Å². The maximum absolute atomic E-state index is 12.9. The maximum atomic E-state index is 12.9. The molecule has 1 amide bonds. The largest absolute Gasteiger partial charge is 0.333 e. The van der Waals surface area contributed by atoms with Crippen molar-refractivity contribution in [2.45, 2.75) is 19.9 Å². The van der Waals surface area contributed by atoms with E-state index in [1.54, 1.807) is 22.8 Å². The summed E-state index contributed by atoms with van der Waals surface area (Å²) in [5.74, 6) is 1.38. The Morgan fingerprint density at radius 3 is 2.64 bits per heavy atom. The molecule has 25 heavy (non-hydrogen) atoms. The number of rotatable bonds is 4. The molecule has 0 saturated carbocycles. The number of benzene rings is 1. The lowest BCUT2D eigenvalue weighted by Crippen LogP contribution is -2.30. The van der Waals surface area contributed by atoms with Gasteiger partial charge in [0.25, 0.3) is 5.91 Å². The molecule has 0 N–H and O–H groups in total. The van der Waals surface area contributed by atoms with Crippen molar-refractivity contribution in [2.75, 3.05) is 7.05 Å². The van der Waals surface area contributed by atoms with Crippen molar-refractivity contribution < 1.29 is 4.79 Å². The fraction of sp³-hybridized carbons (Fsp3) is 0.263. The third kappa shape index (κ3) is 3.42. The van der Waals surface area contributed by atoms with E-state index in [0.29, 0.717) is 11.4 Å². The Bertz CT molecular complexity index is 868. The van der Waals surface area contributed by atoms with Crippen molar-refractivity contribution in [3.63, 3.8) is 0 Å². The fourth-order valence-corrected chi connectivity index (χ4v) is 2.58. The van der Waals surface area contributed by atoms with Gasteiger partial charge in [0.05, 0.1) is 11.7 Å². The number of aryl methyl sites for hydroxylation is 2. The minimum absolute atomic E-state index is 0.0624. The second kappa shape index (κ2) is 6.84. The van der Waals surface area contributed by atoms with Gasteiger partial charge in [-0.3, -0.25) is 14.5 Å². The van der Waals surface area contributed by atoms with Crippen molar-refractivity contribution in [1.29, 1.82) is 0 Å². The van der Waals surface area contributed by atoms with Crippen LogP contribution in [-0.2, 0) is 7.05 Å². The second-order valence-electron chi connectivity index (χ2n) is 6.03. The van der Waals surface area contributed by atoms with Crippen LogP contribution in [0.5, 0.6) is 0 Å². The van der Waals surface area contributed by atoms with Gasteiger partial charge in [-0.15, -0.1) is 0 Å². The molecule has 0 aliphatic rings. The number of amides is 1. The normalized spacial score (nSPS) is 12.0. The van der Waals surface area contributed by atoms with Gasteiger partial charge in [0, 0.05) is 31.4 Å². The molecule has 0 aliphatic carbocycles. The van der Waals surface area contributed by atoms with Crippen LogP contribution in [0.1, 0.15) is 34.8 Å². The Morgan fingerprint density at radius 1 is 1.20 bits per heavy atom. The molecule has 6 nitrogen and oxygen atoms in total. The average molecular weight is 335 g/mol. The van der Waals surface area contributed by atoms with Gasteiger partial charge >= 0.3 is 0 Å². The Kier molecular flexibility index (Phi) is 4.61. The van der Waals surface area contributed by atoms with Gasteiger partial charge < -0.3 is 4.90 Å². The molecular weight excluding hydrogens is 314 g/mol. The molecule has 0 spiro atoms. The monoisotopic (exact) mass is 335 g/mol. The van der Waals surface area contributed by atoms with Crippen molar-refractivity contribution in [3.05, 3.63) is 65.7 Å². The molecule has 3 rings (SSSR count). The van der Waals surface area contributed by atoms with Crippen molar-refractivity contribution in [1.82, 2.24) is 24.6 Å². The Morgan fingerprint density at radius 2 is 2.00 bits per heavy atom. The van der Waals surface area contributed by atoms with Crippen LogP contribution < -0.4 is 0 Å². The third-order valence-electron chi connectivity index (χ3n) is 4.37. The molecule has 0 fully saturated rings. The summed E-state index contributed by atoms with van der Waals surface area (Å²) in [7, 11) is 3.64. The van der Waals surface area contributed by atoms with Crippen molar-refractivity contribution in [2.24, 2.45) is 7.05 Å². The molecule has 0 saturated heterocycles. The van der Waals surface area contributed by atoms with Gasteiger partial charge in [-0.05, 0) is 38.1 Å². The van der Waals surface area contributed by atoms with Crippen LogP contribution in [0.3, 0.4) is 0 Å². The van der Waals surface area contributed by atoms with Gasteiger partial charge in [-0.2, -0.15) is 5.10 Å². The SMILES string of the molecule is Cc1nc(-c2cccc(C(=O)N(C)[C@H](C)c3ccccn3)c2)nn1C. The Balaban J connectivity index is 1.86. The van der Waals surface area contributed by atoms with E-state index in [0.717, 1.165) is 17.1 Å². The van der Waals surface area contributed by atoms with E-state index in [4.69, 9.17) is 0 Å². The lowest BCUT2D eigenvalue weighted by Gasteiger charge is -2.24. The van der Waals surface area contributed by atoms with Gasteiger partial charge in [-0.25, -0.2) is 4.98 Å². The number of carbonyl (C=O) groups excluding carboxylic acids is 1. The number of hydrogen-bond donors (Lipinski definition) is 0. The quantitative estimate of drug-likeness (QED) is 0.735. The number of hydrogen-bond acceptors (Lipinski definition) is 4. The zero-order valence-electron chi connectivity index (χ0n) is 14.8. The molecule has 0 bridgehead atoms. The molecule has 1 atom stereocenters. The lowest BCUT2D eigenvalue weighted by molar-refractivity contribution is 0.0740. The summed E-state index contributed by atoms with van der Waals surface area (Å²) >= 11 is 0. The molecule has 1 aromatic carbocycles. The summed E-state index contributed by atoms with van der Waals surface area (Å²) < 4.78 is 1.72. The van der Waals surface area contributed by atoms with Crippen LogP contribution in [0.25, 0.3) is 11.4 Å². The topological polar surface area (TPSA) is 63.9 Å². The third-order valence-corrected chi connectivity index (χ3v) is 4.37. The first-order chi connectivity index (χ1) is 12.0. The first-order valence-electron chi connectivity index (χ1n) is 8.13. The van der Waals surface area contributed by atoms with Crippen molar-refractivity contribution >= 4 is 5.91 Å².